The molecule has 0 aliphatic heterocycles. The number of anilines is 2. The van der Waals surface area contributed by atoms with Crippen LogP contribution < -0.4 is 21.4 Å². The molecular weight excluding hydrogens is 448 g/mol. The first kappa shape index (κ1) is 23.4. The Morgan fingerprint density at radius 1 is 1.14 bits per heavy atom. The zero-order valence-electron chi connectivity index (χ0n) is 19.2. The number of aromatic nitrogens is 3. The van der Waals surface area contributed by atoms with E-state index in [0.29, 0.717) is 30.1 Å². The minimum Gasteiger partial charge on any atom is -0.477 e. The van der Waals surface area contributed by atoms with Crippen LogP contribution >= 0.6 is 0 Å². The second-order valence-corrected chi connectivity index (χ2v) is 7.83. The molecule has 0 unspecified atom stereocenters. The van der Waals surface area contributed by atoms with Gasteiger partial charge in [-0.25, -0.2) is 14.6 Å². The molecule has 0 atom stereocenters. The summed E-state index contributed by atoms with van der Waals surface area (Å²) < 4.78 is 1.51. The number of nitrogen functional groups attached to an aromatic ring is 1. The lowest BCUT2D eigenvalue weighted by molar-refractivity contribution is 0.0696. The van der Waals surface area contributed by atoms with Gasteiger partial charge in [0.15, 0.2) is 0 Å². The van der Waals surface area contributed by atoms with Crippen LogP contribution in [0.5, 0.6) is 0 Å². The van der Waals surface area contributed by atoms with Crippen molar-refractivity contribution in [1.29, 1.82) is 0 Å². The molecule has 0 saturated carbocycles. The van der Waals surface area contributed by atoms with E-state index < -0.39 is 17.0 Å². The number of nitrogens with one attached hydrogen (secondary N) is 1. The Balaban J connectivity index is 1.60. The van der Waals surface area contributed by atoms with Crippen LogP contribution in [0.25, 0.3) is 22.3 Å². The van der Waals surface area contributed by atoms with Crippen LogP contribution in [0, 0.1) is 0 Å². The van der Waals surface area contributed by atoms with Crippen molar-refractivity contribution in [2.45, 2.75) is 20.0 Å². The Bertz CT molecular complexity index is 1470. The van der Waals surface area contributed by atoms with Crippen molar-refractivity contribution >= 4 is 34.5 Å². The van der Waals surface area contributed by atoms with Gasteiger partial charge < -0.3 is 20.7 Å². The lowest BCUT2D eigenvalue weighted by Gasteiger charge is -2.18. The molecule has 0 spiro atoms. The normalized spacial score (nSPS) is 10.8. The number of carboxylic acid groups (broad SMARTS) is 1. The molecule has 4 aromatic rings. The molecule has 0 bridgehead atoms. The molecule has 0 radical (unpaired) electrons. The highest BCUT2D eigenvalue weighted by Gasteiger charge is 2.21. The summed E-state index contributed by atoms with van der Waals surface area (Å²) in [6.07, 6.45) is 3.37. The van der Waals surface area contributed by atoms with Crippen LogP contribution in [0.2, 0.25) is 0 Å². The van der Waals surface area contributed by atoms with Gasteiger partial charge in [0.05, 0.1) is 11.1 Å². The number of fused-ring (bicyclic) bond motifs is 1. The predicted octanol–water partition coefficient (Wildman–Crippen LogP) is 3.10. The summed E-state index contributed by atoms with van der Waals surface area (Å²) in [7, 11) is 1.67. The number of nitrogens with zero attached hydrogens (tertiary/aromatic N) is 4. The number of hydrogen-bond donors (Lipinski definition) is 3. The fourth-order valence-corrected chi connectivity index (χ4v) is 3.79. The Morgan fingerprint density at radius 3 is 2.51 bits per heavy atom. The molecule has 3 heterocycles. The van der Waals surface area contributed by atoms with E-state index in [9.17, 15) is 19.5 Å². The SMILES string of the molecule is CCn1c(N)c(C(=O)O)c(=O)c2ccc(-c3ccc(N(C)C(=O)NCc4cccnc4)cc3)nc21. The van der Waals surface area contributed by atoms with Crippen LogP contribution in [0.3, 0.4) is 0 Å². The molecule has 0 saturated heterocycles. The highest BCUT2D eigenvalue weighted by molar-refractivity contribution is 5.97. The maximum Gasteiger partial charge on any atom is 0.343 e. The summed E-state index contributed by atoms with van der Waals surface area (Å²) in [6.45, 7) is 2.50. The van der Waals surface area contributed by atoms with Gasteiger partial charge in [-0.1, -0.05) is 18.2 Å². The van der Waals surface area contributed by atoms with E-state index in [-0.39, 0.29) is 17.2 Å². The number of carboxylic acids is 1. The van der Waals surface area contributed by atoms with Crippen LogP contribution in [-0.4, -0.2) is 38.7 Å². The van der Waals surface area contributed by atoms with Crippen molar-refractivity contribution < 1.29 is 14.7 Å². The third-order valence-electron chi connectivity index (χ3n) is 5.70. The fraction of sp³-hybridized carbons (Fsp3) is 0.160. The Labute approximate surface area is 200 Å². The van der Waals surface area contributed by atoms with Gasteiger partial charge >= 0.3 is 12.0 Å². The quantitative estimate of drug-likeness (QED) is 0.391. The van der Waals surface area contributed by atoms with E-state index in [0.717, 1.165) is 11.1 Å². The number of carbonyl (C=O) groups excluding carboxylic acids is 1. The molecule has 2 amide bonds. The van der Waals surface area contributed by atoms with E-state index in [2.05, 4.69) is 15.3 Å². The maximum absolute atomic E-state index is 12.7. The van der Waals surface area contributed by atoms with Gasteiger partial charge in [-0.2, -0.15) is 0 Å². The van der Waals surface area contributed by atoms with E-state index in [1.165, 1.54) is 9.47 Å². The number of amides is 2. The maximum atomic E-state index is 12.7. The highest BCUT2D eigenvalue weighted by Crippen LogP contribution is 2.25. The average molecular weight is 473 g/mol. The van der Waals surface area contributed by atoms with Crippen molar-refractivity contribution in [2.75, 3.05) is 17.7 Å². The fourth-order valence-electron chi connectivity index (χ4n) is 3.79. The minimum atomic E-state index is -1.37. The zero-order valence-corrected chi connectivity index (χ0v) is 19.2. The van der Waals surface area contributed by atoms with Gasteiger partial charge in [0.25, 0.3) is 0 Å². The molecular formula is C25H24N6O4. The van der Waals surface area contributed by atoms with Crippen LogP contribution in [0.1, 0.15) is 22.8 Å². The van der Waals surface area contributed by atoms with Crippen molar-refractivity contribution in [3.05, 3.63) is 82.3 Å². The van der Waals surface area contributed by atoms with Gasteiger partial charge in [0, 0.05) is 43.8 Å². The van der Waals surface area contributed by atoms with Crippen molar-refractivity contribution in [3.8, 4) is 11.3 Å². The second kappa shape index (κ2) is 9.64. The molecule has 3 aromatic heterocycles. The topological polar surface area (TPSA) is 143 Å². The Kier molecular flexibility index (Phi) is 6.45. The van der Waals surface area contributed by atoms with E-state index in [1.54, 1.807) is 50.6 Å². The second-order valence-electron chi connectivity index (χ2n) is 7.83. The van der Waals surface area contributed by atoms with Gasteiger partial charge in [-0.3, -0.25) is 14.7 Å². The number of carbonyl (C=O) groups is 2. The Morgan fingerprint density at radius 2 is 1.89 bits per heavy atom. The molecule has 178 valence electrons. The van der Waals surface area contributed by atoms with Crippen molar-refractivity contribution in [3.63, 3.8) is 0 Å². The van der Waals surface area contributed by atoms with Crippen LogP contribution in [0.4, 0.5) is 16.3 Å². The standard InChI is InChI=1S/C25H24N6O4/c1-3-31-22(26)20(24(33)34)21(32)18-10-11-19(29-23(18)31)16-6-8-17(9-7-16)30(2)25(35)28-14-15-5-4-12-27-13-15/h4-13H,3,14,26H2,1-2H3,(H,28,35)(H,33,34). The van der Waals surface area contributed by atoms with E-state index >= 15 is 0 Å². The Hall–Kier alpha value is -4.73. The van der Waals surface area contributed by atoms with Gasteiger partial charge in [-0.15, -0.1) is 0 Å². The third-order valence-corrected chi connectivity index (χ3v) is 5.70. The number of aryl methyl sites for hydroxylation is 1. The summed E-state index contributed by atoms with van der Waals surface area (Å²) in [5, 5.41) is 12.4. The summed E-state index contributed by atoms with van der Waals surface area (Å²) in [5.41, 5.74) is 8.10. The molecule has 10 heteroatoms. The average Bonchev–Trinajstić information content (AvgIpc) is 2.87. The number of nitrogens with two attached hydrogens (primary N) is 1. The lowest BCUT2D eigenvalue weighted by Crippen LogP contribution is -2.36. The number of hydrogen-bond acceptors (Lipinski definition) is 6. The zero-order chi connectivity index (χ0) is 25.1. The third kappa shape index (κ3) is 4.54. The van der Waals surface area contributed by atoms with Gasteiger partial charge in [-0.05, 0) is 42.8 Å². The molecule has 4 rings (SSSR count). The number of urea groups is 1. The summed E-state index contributed by atoms with van der Waals surface area (Å²) >= 11 is 0. The molecule has 10 nitrogen and oxygen atoms in total. The van der Waals surface area contributed by atoms with Crippen molar-refractivity contribution in [1.82, 2.24) is 19.9 Å². The van der Waals surface area contributed by atoms with E-state index in [1.807, 2.05) is 24.3 Å². The molecule has 0 aliphatic rings. The molecule has 4 N–H and O–H groups in total. The first-order valence-corrected chi connectivity index (χ1v) is 10.9. The largest absolute Gasteiger partial charge is 0.477 e. The lowest BCUT2D eigenvalue weighted by atomic mass is 10.1. The van der Waals surface area contributed by atoms with Crippen LogP contribution in [0.15, 0.2) is 65.7 Å². The first-order valence-electron chi connectivity index (χ1n) is 10.9. The summed E-state index contributed by atoms with van der Waals surface area (Å²) in [5.74, 6) is -1.50. The van der Waals surface area contributed by atoms with Crippen molar-refractivity contribution in [2.24, 2.45) is 0 Å². The molecule has 1 aromatic carbocycles. The van der Waals surface area contributed by atoms with Crippen LogP contribution in [-0.2, 0) is 13.1 Å². The van der Waals surface area contributed by atoms with E-state index in [4.69, 9.17) is 5.73 Å². The minimum absolute atomic E-state index is 0.128. The van der Waals surface area contributed by atoms with Gasteiger partial charge in [0.1, 0.15) is 17.0 Å². The first-order chi connectivity index (χ1) is 16.8. The summed E-state index contributed by atoms with van der Waals surface area (Å²) in [6, 6.07) is 13.9. The monoisotopic (exact) mass is 472 g/mol. The number of aromatic carboxylic acids is 1. The number of benzene rings is 1. The molecule has 0 aliphatic carbocycles. The predicted molar refractivity (Wildman–Crippen MR) is 133 cm³/mol. The molecule has 0 fully saturated rings. The summed E-state index contributed by atoms with van der Waals surface area (Å²) in [4.78, 5) is 46.9. The number of rotatable bonds is 6. The molecule has 35 heavy (non-hydrogen) atoms. The smallest absolute Gasteiger partial charge is 0.343 e. The van der Waals surface area contributed by atoms with Gasteiger partial charge in [0.2, 0.25) is 5.43 Å². The highest BCUT2D eigenvalue weighted by atomic mass is 16.4. The number of pyridine rings is 3.